The van der Waals surface area contributed by atoms with Gasteiger partial charge in [-0.3, -0.25) is 19.2 Å². The van der Waals surface area contributed by atoms with Crippen molar-refractivity contribution in [2.75, 3.05) is 6.61 Å². The average Bonchev–Trinajstić information content (AvgIpc) is 3.28. The third-order valence-electron chi connectivity index (χ3n) is 5.59. The number of rotatable bonds is 10. The van der Waals surface area contributed by atoms with Crippen LogP contribution in [0.5, 0.6) is 0 Å². The van der Waals surface area contributed by atoms with E-state index in [0.29, 0.717) is 6.42 Å². The van der Waals surface area contributed by atoms with Gasteiger partial charge in [0.15, 0.2) is 12.2 Å². The summed E-state index contributed by atoms with van der Waals surface area (Å²) in [4.78, 5) is 52.0. The molecule has 2 aromatic rings. The van der Waals surface area contributed by atoms with Gasteiger partial charge < -0.3 is 28.7 Å². The summed E-state index contributed by atoms with van der Waals surface area (Å²) >= 11 is 0. The first-order valence-electron chi connectivity index (χ1n) is 11.8. The van der Waals surface area contributed by atoms with E-state index in [9.17, 15) is 19.2 Å². The fraction of sp³-hybridized carbons (Fsp3) is 0.520. The molecule has 1 aromatic carbocycles. The molecule has 0 saturated carbocycles. The average molecular weight is 490 g/mol. The summed E-state index contributed by atoms with van der Waals surface area (Å²) in [5.74, 6) is -2.32. The van der Waals surface area contributed by atoms with E-state index in [1.165, 1.54) is 0 Å². The highest BCUT2D eigenvalue weighted by molar-refractivity contribution is 5.83. The predicted octanol–water partition coefficient (Wildman–Crippen LogP) is 2.97. The molecule has 35 heavy (non-hydrogen) atoms. The Labute approximate surface area is 203 Å². The molecular weight excluding hydrogens is 458 g/mol. The summed E-state index contributed by atoms with van der Waals surface area (Å²) in [5.41, 5.74) is 1.92. The van der Waals surface area contributed by atoms with Crippen molar-refractivity contribution in [2.45, 2.75) is 77.5 Å². The Hall–Kier alpha value is -3.40. The normalized spacial score (nSPS) is 21.8. The van der Waals surface area contributed by atoms with Crippen LogP contribution < -0.4 is 0 Å². The smallest absolute Gasteiger partial charge is 0.308 e. The van der Waals surface area contributed by atoms with Gasteiger partial charge in [-0.1, -0.05) is 39.0 Å². The first-order valence-corrected chi connectivity index (χ1v) is 11.8. The zero-order valence-electron chi connectivity index (χ0n) is 20.1. The highest BCUT2D eigenvalue weighted by Crippen LogP contribution is 2.27. The number of benzene rings is 1. The predicted molar refractivity (Wildman–Crippen MR) is 123 cm³/mol. The van der Waals surface area contributed by atoms with Gasteiger partial charge in [-0.15, -0.1) is 0 Å². The molecule has 0 unspecified atom stereocenters. The van der Waals surface area contributed by atoms with Gasteiger partial charge in [-0.05, 0) is 18.1 Å². The second-order valence-electron chi connectivity index (χ2n) is 8.05. The number of aryl methyl sites for hydroxylation is 1. The third kappa shape index (κ3) is 6.82. The molecule has 0 spiro atoms. The molecule has 10 nitrogen and oxygen atoms in total. The van der Waals surface area contributed by atoms with E-state index in [0.717, 1.165) is 16.5 Å². The number of nitrogens with one attached hydrogen (secondary N) is 1. The Morgan fingerprint density at radius 2 is 1.49 bits per heavy atom. The molecule has 0 bridgehead atoms. The molecule has 1 aromatic heterocycles. The minimum Gasteiger partial charge on any atom is -0.456 e. The number of fused-ring (bicyclic) bond motifs is 1. The monoisotopic (exact) mass is 489 g/mol. The largest absolute Gasteiger partial charge is 0.456 e. The summed E-state index contributed by atoms with van der Waals surface area (Å²) in [7, 11) is 0. The lowest BCUT2D eigenvalue weighted by Gasteiger charge is -2.40. The Kier molecular flexibility index (Phi) is 9.25. The summed E-state index contributed by atoms with van der Waals surface area (Å²) in [6.45, 7) is 4.61. The van der Waals surface area contributed by atoms with E-state index in [2.05, 4.69) is 4.98 Å². The Balaban J connectivity index is 1.73. The Morgan fingerprint density at radius 3 is 2.17 bits per heavy atom. The summed E-state index contributed by atoms with van der Waals surface area (Å²) in [5, 5.41) is 1.01. The lowest BCUT2D eigenvalue weighted by Crippen LogP contribution is -2.58. The van der Waals surface area contributed by atoms with Crippen LogP contribution in [-0.4, -0.2) is 60.1 Å². The molecule has 0 aliphatic carbocycles. The number of carbonyl (C=O) groups is 4. The SMILES string of the molecule is CCC(=O)O[C@@H]1[C@@H](OC(=O)CC)[C@@H](OC(=O)CCc2c[nH]c3ccccc23)OC[C@H]1OC(=O)CC. The van der Waals surface area contributed by atoms with Crippen molar-refractivity contribution in [3.05, 3.63) is 36.0 Å². The lowest BCUT2D eigenvalue weighted by atomic mass is 10.0. The fourth-order valence-corrected chi connectivity index (χ4v) is 3.70. The quantitative estimate of drug-likeness (QED) is 0.395. The Bertz CT molecular complexity index is 1050. The molecule has 190 valence electrons. The molecule has 1 aliphatic rings. The van der Waals surface area contributed by atoms with Crippen molar-refractivity contribution < 1.29 is 42.9 Å². The van der Waals surface area contributed by atoms with Gasteiger partial charge in [-0.2, -0.15) is 0 Å². The van der Waals surface area contributed by atoms with Gasteiger partial charge in [0.2, 0.25) is 12.4 Å². The van der Waals surface area contributed by atoms with Crippen LogP contribution in [0.15, 0.2) is 30.5 Å². The number of ether oxygens (including phenoxy) is 5. The van der Waals surface area contributed by atoms with E-state index >= 15 is 0 Å². The van der Waals surface area contributed by atoms with E-state index in [1.54, 1.807) is 20.8 Å². The van der Waals surface area contributed by atoms with E-state index in [4.69, 9.17) is 23.7 Å². The fourth-order valence-electron chi connectivity index (χ4n) is 3.70. The summed E-state index contributed by atoms with van der Waals surface area (Å²) < 4.78 is 27.4. The van der Waals surface area contributed by atoms with Crippen LogP contribution in [0.2, 0.25) is 0 Å². The zero-order valence-corrected chi connectivity index (χ0v) is 20.1. The number of carbonyl (C=O) groups excluding carboxylic acids is 4. The van der Waals surface area contributed by atoms with Crippen molar-refractivity contribution >= 4 is 34.8 Å². The number of aromatic amines is 1. The second-order valence-corrected chi connectivity index (χ2v) is 8.05. The number of aromatic nitrogens is 1. The van der Waals surface area contributed by atoms with Crippen LogP contribution in [0.3, 0.4) is 0 Å². The van der Waals surface area contributed by atoms with Gasteiger partial charge in [0.25, 0.3) is 0 Å². The van der Waals surface area contributed by atoms with Gasteiger partial charge >= 0.3 is 23.9 Å². The standard InChI is InChI=1S/C25H31NO9/c1-4-19(27)32-18-14-31-25(24(34-21(29)6-3)23(18)33-20(28)5-2)35-22(30)12-11-15-13-26-17-10-8-7-9-16(15)17/h7-10,13,18,23-26H,4-6,11-12,14H2,1-3H3/t18-,23+,24-,25-/m1/s1. The van der Waals surface area contributed by atoms with Crippen molar-refractivity contribution in [1.29, 1.82) is 0 Å². The molecule has 1 aliphatic heterocycles. The lowest BCUT2D eigenvalue weighted by molar-refractivity contribution is -0.275. The molecule has 10 heteroatoms. The molecule has 3 rings (SSSR count). The van der Waals surface area contributed by atoms with Crippen molar-refractivity contribution in [3.63, 3.8) is 0 Å². The highest BCUT2D eigenvalue weighted by Gasteiger charge is 2.49. The third-order valence-corrected chi connectivity index (χ3v) is 5.59. The van der Waals surface area contributed by atoms with Crippen LogP contribution in [0.25, 0.3) is 10.9 Å². The number of H-pyrrole nitrogens is 1. The maximum Gasteiger partial charge on any atom is 0.308 e. The van der Waals surface area contributed by atoms with Crippen LogP contribution >= 0.6 is 0 Å². The van der Waals surface area contributed by atoms with Gasteiger partial charge in [0, 0.05) is 42.8 Å². The maximum atomic E-state index is 12.7. The molecule has 1 N–H and O–H groups in total. The number of hydrogen-bond acceptors (Lipinski definition) is 9. The number of hydrogen-bond donors (Lipinski definition) is 1. The van der Waals surface area contributed by atoms with E-state index in [-0.39, 0.29) is 32.3 Å². The van der Waals surface area contributed by atoms with Crippen molar-refractivity contribution in [1.82, 2.24) is 4.98 Å². The summed E-state index contributed by atoms with van der Waals surface area (Å²) in [6.07, 6.45) is -2.34. The van der Waals surface area contributed by atoms with Gasteiger partial charge in [-0.25, -0.2) is 0 Å². The van der Waals surface area contributed by atoms with E-state index < -0.39 is 48.5 Å². The summed E-state index contributed by atoms with van der Waals surface area (Å²) in [6, 6.07) is 7.74. The highest BCUT2D eigenvalue weighted by atomic mass is 16.7. The zero-order chi connectivity index (χ0) is 25.4. The van der Waals surface area contributed by atoms with Crippen LogP contribution in [0, 0.1) is 0 Å². The van der Waals surface area contributed by atoms with Crippen LogP contribution in [0.4, 0.5) is 0 Å². The first kappa shape index (κ1) is 26.2. The van der Waals surface area contributed by atoms with Crippen molar-refractivity contribution in [2.24, 2.45) is 0 Å². The number of para-hydroxylation sites is 1. The molecular formula is C25H31NO9. The molecule has 0 amide bonds. The Morgan fingerprint density at radius 1 is 0.857 bits per heavy atom. The molecule has 4 atom stereocenters. The van der Waals surface area contributed by atoms with Crippen LogP contribution in [-0.2, 0) is 49.3 Å². The molecule has 1 saturated heterocycles. The van der Waals surface area contributed by atoms with Crippen molar-refractivity contribution in [3.8, 4) is 0 Å². The maximum absolute atomic E-state index is 12.7. The molecule has 2 heterocycles. The number of esters is 4. The minimum absolute atomic E-state index is 0.0333. The topological polar surface area (TPSA) is 130 Å². The first-order chi connectivity index (χ1) is 16.9. The van der Waals surface area contributed by atoms with Gasteiger partial charge in [0.1, 0.15) is 0 Å². The molecule has 1 fully saturated rings. The molecule has 0 radical (unpaired) electrons. The van der Waals surface area contributed by atoms with Gasteiger partial charge in [0.05, 0.1) is 6.61 Å². The minimum atomic E-state index is -1.33. The van der Waals surface area contributed by atoms with E-state index in [1.807, 2.05) is 30.5 Å². The second kappa shape index (κ2) is 12.3. The van der Waals surface area contributed by atoms with Crippen LogP contribution in [0.1, 0.15) is 52.0 Å².